The first-order valence-corrected chi connectivity index (χ1v) is 38.6. The fraction of sp³-hybridized carbons (Fsp3) is 0.250. The average Bonchev–Trinajstić information content (AvgIpc) is 1.60. The number of ketones is 12. The Morgan fingerprint density at radius 1 is 0.344 bits per heavy atom. The number of rotatable bonds is 12. The van der Waals surface area contributed by atoms with Gasteiger partial charge >= 0.3 is 0 Å². The summed E-state index contributed by atoms with van der Waals surface area (Å²) < 4.78 is 55.5. The number of fused-ring (bicyclic) bond motifs is 18. The Morgan fingerprint density at radius 3 is 1.03 bits per heavy atom. The number of carbonyl (C=O) groups excluding carboxylic acids is 12. The molecule has 0 fully saturated rings. The number of hydrogen-bond donors (Lipinski definition) is 1. The Balaban J connectivity index is 0.000000126. The van der Waals surface area contributed by atoms with E-state index in [1.165, 1.54) is 46.6 Å². The van der Waals surface area contributed by atoms with Gasteiger partial charge in [0.1, 0.15) is 28.6 Å². The van der Waals surface area contributed by atoms with E-state index in [1.807, 2.05) is 88.2 Å². The smallest absolute Gasteiger partial charge is 0.281 e. The Kier molecular flexibility index (Phi) is 23.6. The quantitative estimate of drug-likeness (QED) is 0.0513. The molecule has 0 atom stereocenters. The number of Topliss-reactive ketones (excluding diaryl/α,β-unsaturated/α-hetero) is 12. The zero-order valence-electron chi connectivity index (χ0n) is 68.2. The maximum Gasteiger partial charge on any atom is 0.281 e. The van der Waals surface area contributed by atoms with Crippen LogP contribution in [0.15, 0.2) is 134 Å². The van der Waals surface area contributed by atoms with Crippen molar-refractivity contribution in [2.75, 3.05) is 48.3 Å². The van der Waals surface area contributed by atoms with Crippen LogP contribution in [0.2, 0.25) is 0 Å². The van der Waals surface area contributed by atoms with E-state index in [0.717, 1.165) is 0 Å². The number of ether oxygens (including phenoxy) is 4. The number of hydrogen-bond acceptors (Lipinski definition) is 32. The van der Waals surface area contributed by atoms with Crippen molar-refractivity contribution in [3.63, 3.8) is 0 Å². The maximum absolute atomic E-state index is 12.3. The van der Waals surface area contributed by atoms with Crippen LogP contribution in [0, 0.1) is 10.1 Å². The van der Waals surface area contributed by atoms with E-state index >= 15 is 0 Å². The number of methoxy groups -OCH3 is 4. The van der Waals surface area contributed by atoms with Crippen LogP contribution in [0.1, 0.15) is 259 Å². The van der Waals surface area contributed by atoms with E-state index in [2.05, 4.69) is 45.8 Å². The molecule has 0 saturated carbocycles. The van der Waals surface area contributed by atoms with Gasteiger partial charge in [0.2, 0.25) is 40.6 Å². The molecule has 2 N–H and O–H groups in total. The lowest BCUT2D eigenvalue weighted by Crippen LogP contribution is -2.22. The summed E-state index contributed by atoms with van der Waals surface area (Å²) in [6, 6.07) is 27.4. The van der Waals surface area contributed by atoms with Crippen LogP contribution >= 0.6 is 15.9 Å². The van der Waals surface area contributed by atoms with Crippen LogP contribution < -0.4 is 24.7 Å². The molecule has 6 aliphatic carbocycles. The van der Waals surface area contributed by atoms with Crippen LogP contribution in [0.5, 0.6) is 23.0 Å². The number of carbonyl (C=O) groups is 12. The SMILES string of the molecule is CC(C)c1nc2c(o1)-c1c(N)cccc1C(=O)C2=O.CC(C)c1nc2c(o1)-c1c(cccc1[N+](=O)[O-])C(=O)C2=O.COc1ccc(Br)c2c1-c1oc(C(C)C)nc1C(=O)C2=O.COc1cccc2c1-c1oc(C(C)C)nc1C(=O)C2=O.COc1cccc2c1-c1oc(CN(C)C)nc1C(=O)C2=O.COc1cccc2c1C(=O)C(=O)c1nc(C(C)C)oc1-2. The summed E-state index contributed by atoms with van der Waals surface area (Å²) in [5.41, 5.74) is 10.2. The third-order valence-electron chi connectivity index (χ3n) is 19.6. The highest BCUT2D eigenvalue weighted by atomic mass is 79.9. The number of nitrogens with zero attached hydrogens (tertiary/aromatic N) is 8. The fourth-order valence-corrected chi connectivity index (χ4v) is 14.1. The van der Waals surface area contributed by atoms with Gasteiger partial charge in [0.15, 0.2) is 98.2 Å². The molecule has 34 heteroatoms. The number of benzene rings is 6. The first-order chi connectivity index (χ1) is 58.0. The molecule has 6 aromatic carbocycles. The molecule has 0 bridgehead atoms. The summed E-state index contributed by atoms with van der Waals surface area (Å²) in [6.07, 6.45) is 0. The van der Waals surface area contributed by atoms with Gasteiger partial charge in [0, 0.05) is 73.6 Å². The highest BCUT2D eigenvalue weighted by Crippen LogP contribution is 2.48. The summed E-state index contributed by atoms with van der Waals surface area (Å²) in [5.74, 6) is -1.90. The van der Waals surface area contributed by atoms with Crippen LogP contribution in [-0.4, -0.2) is 152 Å². The Morgan fingerprint density at radius 2 is 0.639 bits per heavy atom. The van der Waals surface area contributed by atoms with Crippen LogP contribution in [0.3, 0.4) is 0 Å². The van der Waals surface area contributed by atoms with Gasteiger partial charge in [-0.2, -0.15) is 0 Å². The zero-order chi connectivity index (χ0) is 88.4. The van der Waals surface area contributed by atoms with Gasteiger partial charge in [-0.25, -0.2) is 29.9 Å². The van der Waals surface area contributed by atoms with E-state index < -0.39 is 74.3 Å². The molecule has 33 nitrogen and oxygen atoms in total. The van der Waals surface area contributed by atoms with Crippen LogP contribution in [0.4, 0.5) is 11.4 Å². The predicted octanol–water partition coefficient (Wildman–Crippen LogP) is 16.3. The van der Waals surface area contributed by atoms with E-state index in [-0.39, 0.29) is 109 Å². The Labute approximate surface area is 701 Å². The number of nitrogens with two attached hydrogens (primary N) is 1. The topological polar surface area (TPSA) is 470 Å². The van der Waals surface area contributed by atoms with Crippen molar-refractivity contribution in [2.24, 2.45) is 0 Å². The minimum atomic E-state index is -0.801. The second-order valence-corrected chi connectivity index (χ2v) is 30.6. The first-order valence-electron chi connectivity index (χ1n) is 37.8. The molecule has 622 valence electrons. The number of nitrogen functional groups attached to an aromatic ring is 1. The predicted molar refractivity (Wildman–Crippen MR) is 436 cm³/mol. The number of oxazole rings is 6. The molecule has 6 heterocycles. The van der Waals surface area contributed by atoms with Gasteiger partial charge in [-0.1, -0.05) is 128 Å². The molecule has 0 radical (unpaired) electrons. The first kappa shape index (κ1) is 85.3. The zero-order valence-corrected chi connectivity index (χ0v) is 69.8. The number of aromatic nitrogens is 6. The minimum Gasteiger partial charge on any atom is -0.496 e. The van der Waals surface area contributed by atoms with Crippen molar-refractivity contribution in [2.45, 2.75) is 105 Å². The third kappa shape index (κ3) is 15.1. The second-order valence-electron chi connectivity index (χ2n) is 29.8. The van der Waals surface area contributed by atoms with Crippen molar-refractivity contribution < 1.29 is 108 Å². The molecule has 122 heavy (non-hydrogen) atoms. The van der Waals surface area contributed by atoms with Crippen LogP contribution in [-0.2, 0) is 6.54 Å². The van der Waals surface area contributed by atoms with Crippen molar-refractivity contribution >= 4 is 96.7 Å². The standard InChI is InChI=1S/C15H12BrNO4.C15H14N2O4.2C15H13NO4.C14H10N2O5.C14H12N2O3/c1-6(2)15-17-11-13(19)12(18)9-7(16)4-5-8(20-3)10(9)14(11)21-15;1-17(2)7-10-16-12-14(19)13(18)8-5-4-6-9(20-3)11(8)15(12)21-10;1-7(2)15-16-11-13(18)12(17)10-8(14(11)20-15)5-4-6-9(10)19-3;1-7(2)15-16-11-13(18)12(17)8-5-4-6-9(19-3)10(8)14(11)20-15;1-6(2)14-15-10-12(18)11(17)7-4-3-5-8(16(19)20)9(7)13(10)21-14;1-6(2)14-16-10-12(18)11(17)7-4-3-5-8(15)9(7)13(10)19-14/h4-6H,1-3H3;4-6H,7H2,1-3H3;2*4-7H,1-3H3;3-6H,1-2H3;3-6H,15H2,1-2H3. The van der Waals surface area contributed by atoms with Gasteiger partial charge in [0.05, 0.1) is 73.3 Å². The summed E-state index contributed by atoms with van der Waals surface area (Å²) in [5, 5.41) is 11.2. The lowest BCUT2D eigenvalue weighted by Gasteiger charge is -2.16. The van der Waals surface area contributed by atoms with Crippen molar-refractivity contribution in [3.05, 3.63) is 221 Å². The molecular weight excluding hydrogens is 1650 g/mol. The monoisotopic (exact) mass is 1720 g/mol. The largest absolute Gasteiger partial charge is 0.496 e. The average molecular weight is 1720 g/mol. The van der Waals surface area contributed by atoms with E-state index in [1.54, 1.807) is 84.9 Å². The molecule has 0 saturated heterocycles. The van der Waals surface area contributed by atoms with E-state index in [0.29, 0.717) is 137 Å². The molecule has 12 aromatic rings. The molecule has 0 unspecified atom stereocenters. The Hall–Kier alpha value is -14.5. The summed E-state index contributed by atoms with van der Waals surface area (Å²) in [4.78, 5) is 183. The molecule has 0 spiro atoms. The summed E-state index contributed by atoms with van der Waals surface area (Å²) in [7, 11) is 9.71. The lowest BCUT2D eigenvalue weighted by molar-refractivity contribution is -0.384. The van der Waals surface area contributed by atoms with Gasteiger partial charge < -0.3 is 56.1 Å². The van der Waals surface area contributed by atoms with Gasteiger partial charge in [-0.05, 0) is 68.7 Å². The minimum absolute atomic E-state index is 0.00519. The number of anilines is 1. The second kappa shape index (κ2) is 33.7. The van der Waals surface area contributed by atoms with Crippen molar-refractivity contribution in [3.8, 4) is 90.9 Å². The van der Waals surface area contributed by atoms with Gasteiger partial charge in [0.25, 0.3) is 40.4 Å². The van der Waals surface area contributed by atoms with Gasteiger partial charge in [-0.3, -0.25) is 67.6 Å². The molecular formula is C88H74BrN9O24. The number of halogens is 1. The Bertz CT molecular complexity index is 6490. The van der Waals surface area contributed by atoms with Crippen molar-refractivity contribution in [1.82, 2.24) is 34.8 Å². The lowest BCUT2D eigenvalue weighted by atomic mass is 9.90. The molecule has 6 aliphatic rings. The van der Waals surface area contributed by atoms with Crippen LogP contribution in [0.25, 0.3) is 67.9 Å². The molecule has 0 amide bonds. The summed E-state index contributed by atoms with van der Waals surface area (Å²) >= 11 is 3.31. The molecule has 0 aliphatic heterocycles. The summed E-state index contributed by atoms with van der Waals surface area (Å²) in [6.45, 7) is 19.3. The van der Waals surface area contributed by atoms with Crippen molar-refractivity contribution in [1.29, 1.82) is 0 Å². The number of nitro groups is 1. The molecule has 6 aromatic heterocycles. The maximum atomic E-state index is 12.3. The normalized spacial score (nSPS) is 13.4. The van der Waals surface area contributed by atoms with E-state index in [9.17, 15) is 67.6 Å². The van der Waals surface area contributed by atoms with Gasteiger partial charge in [-0.15, -0.1) is 0 Å². The fourth-order valence-electron chi connectivity index (χ4n) is 13.6. The molecule has 18 rings (SSSR count). The highest BCUT2D eigenvalue weighted by molar-refractivity contribution is 9.10. The van der Waals surface area contributed by atoms with E-state index in [4.69, 9.17) is 51.2 Å². The highest BCUT2D eigenvalue weighted by Gasteiger charge is 2.45. The third-order valence-corrected chi connectivity index (χ3v) is 20.2. The number of nitro benzene ring substituents is 1.